The van der Waals surface area contributed by atoms with Gasteiger partial charge in [-0.05, 0) is 54.6 Å². The van der Waals surface area contributed by atoms with Gasteiger partial charge in [0.25, 0.3) is 0 Å². The molecule has 1 aliphatic rings. The molecule has 0 spiro atoms. The maximum atomic E-state index is 5.62. The van der Waals surface area contributed by atoms with Gasteiger partial charge in [-0.1, -0.05) is 5.21 Å². The molecule has 0 saturated heterocycles. The number of nitrogens with zero attached hydrogens (tertiary/aromatic N) is 5. The van der Waals surface area contributed by atoms with E-state index in [4.69, 9.17) is 9.47 Å². The van der Waals surface area contributed by atoms with Gasteiger partial charge in [0.15, 0.2) is 0 Å². The summed E-state index contributed by atoms with van der Waals surface area (Å²) in [6, 6.07) is 6.32. The lowest BCUT2D eigenvalue weighted by Gasteiger charge is -2.10. The summed E-state index contributed by atoms with van der Waals surface area (Å²) in [5, 5.41) is 8.80. The molecular weight excluding hydrogens is 445 g/mol. The van der Waals surface area contributed by atoms with Gasteiger partial charge in [-0.3, -0.25) is 0 Å². The van der Waals surface area contributed by atoms with Crippen LogP contribution in [-0.2, 0) is 29.1 Å². The molecule has 0 amide bonds. The molecule has 136 valence electrons. The van der Waals surface area contributed by atoms with Crippen molar-refractivity contribution in [3.8, 4) is 11.4 Å². The van der Waals surface area contributed by atoms with E-state index in [1.165, 1.54) is 0 Å². The maximum absolute atomic E-state index is 5.62. The van der Waals surface area contributed by atoms with E-state index in [0.29, 0.717) is 32.8 Å². The topological polar surface area (TPSA) is 67.0 Å². The first-order valence-corrected chi connectivity index (χ1v) is 9.75. The molecule has 26 heavy (non-hydrogen) atoms. The van der Waals surface area contributed by atoms with E-state index >= 15 is 0 Å². The van der Waals surface area contributed by atoms with E-state index in [2.05, 4.69) is 60.7 Å². The fourth-order valence-electron chi connectivity index (χ4n) is 3.17. The lowest BCUT2D eigenvalue weighted by Crippen LogP contribution is -2.06. The summed E-state index contributed by atoms with van der Waals surface area (Å²) < 4.78 is 16.4. The minimum atomic E-state index is 0.458. The number of aromatic nitrogens is 5. The molecule has 0 radical (unpaired) electrons. The number of hydrogen-bond acceptors (Lipinski definition) is 5. The van der Waals surface area contributed by atoms with Gasteiger partial charge in [0.2, 0.25) is 0 Å². The maximum Gasteiger partial charge on any atom is 0.112 e. The molecule has 0 bridgehead atoms. The van der Waals surface area contributed by atoms with Gasteiger partial charge >= 0.3 is 0 Å². The van der Waals surface area contributed by atoms with Crippen molar-refractivity contribution in [2.75, 3.05) is 13.2 Å². The van der Waals surface area contributed by atoms with Crippen molar-refractivity contribution in [1.29, 1.82) is 0 Å². The standard InChI is InChI=1S/C18H20IN5O2/c1-3-25-9-13-16-8-17-14(10-26-4-2)21-22-24(17)18-7-12(19)5-6-15(18)23(16)11-20-13/h5-7,11H,3-4,8-10H2,1-2H3. The summed E-state index contributed by atoms with van der Waals surface area (Å²) in [7, 11) is 0. The fraction of sp³-hybridized carbons (Fsp3) is 0.389. The Hall–Kier alpha value is -1.78. The molecule has 0 fully saturated rings. The van der Waals surface area contributed by atoms with Gasteiger partial charge in [-0.25, -0.2) is 9.67 Å². The third-order valence-corrected chi connectivity index (χ3v) is 5.11. The van der Waals surface area contributed by atoms with E-state index in [-0.39, 0.29) is 0 Å². The summed E-state index contributed by atoms with van der Waals surface area (Å²) in [6.45, 7) is 6.24. The second-order valence-corrected chi connectivity index (χ2v) is 7.23. The van der Waals surface area contributed by atoms with Crippen molar-refractivity contribution in [2.24, 2.45) is 0 Å². The van der Waals surface area contributed by atoms with Gasteiger partial charge in [0.1, 0.15) is 5.69 Å². The van der Waals surface area contributed by atoms with Crippen molar-refractivity contribution in [2.45, 2.75) is 33.5 Å². The second-order valence-electron chi connectivity index (χ2n) is 5.99. The molecule has 0 atom stereocenters. The summed E-state index contributed by atoms with van der Waals surface area (Å²) in [5.74, 6) is 0. The van der Waals surface area contributed by atoms with Crippen LogP contribution in [0.4, 0.5) is 0 Å². The van der Waals surface area contributed by atoms with Crippen LogP contribution in [0.1, 0.15) is 36.6 Å². The van der Waals surface area contributed by atoms with E-state index in [1.807, 2.05) is 24.9 Å². The monoisotopic (exact) mass is 465 g/mol. The fourth-order valence-corrected chi connectivity index (χ4v) is 3.64. The second kappa shape index (κ2) is 7.45. The number of fused-ring (bicyclic) bond motifs is 5. The molecular formula is C18H20IN5O2. The van der Waals surface area contributed by atoms with Gasteiger partial charge < -0.3 is 14.0 Å². The summed E-state index contributed by atoms with van der Waals surface area (Å²) in [4.78, 5) is 4.60. The molecule has 8 heteroatoms. The molecule has 0 aliphatic carbocycles. The van der Waals surface area contributed by atoms with Crippen molar-refractivity contribution < 1.29 is 9.47 Å². The molecule has 2 aromatic heterocycles. The Morgan fingerprint density at radius 2 is 1.81 bits per heavy atom. The number of benzene rings is 1. The van der Waals surface area contributed by atoms with Gasteiger partial charge in [0.05, 0.1) is 48.0 Å². The number of halogens is 1. The zero-order valence-corrected chi connectivity index (χ0v) is 16.9. The highest BCUT2D eigenvalue weighted by molar-refractivity contribution is 14.1. The number of imidazole rings is 1. The van der Waals surface area contributed by atoms with Gasteiger partial charge in [-0.15, -0.1) is 5.10 Å². The first kappa shape index (κ1) is 17.6. The molecule has 0 unspecified atom stereocenters. The van der Waals surface area contributed by atoms with Crippen molar-refractivity contribution >= 4 is 22.6 Å². The average Bonchev–Trinajstić information content (AvgIpc) is 3.20. The van der Waals surface area contributed by atoms with Crippen molar-refractivity contribution in [3.05, 3.63) is 50.9 Å². The Labute approximate surface area is 165 Å². The first-order chi connectivity index (χ1) is 12.7. The van der Waals surface area contributed by atoms with Crippen LogP contribution in [0.2, 0.25) is 0 Å². The molecule has 3 heterocycles. The van der Waals surface area contributed by atoms with Gasteiger partial charge in [-0.2, -0.15) is 0 Å². The van der Waals surface area contributed by atoms with Crippen molar-refractivity contribution in [3.63, 3.8) is 0 Å². The minimum Gasteiger partial charge on any atom is -0.375 e. The molecule has 1 aliphatic heterocycles. The van der Waals surface area contributed by atoms with Crippen LogP contribution in [0.15, 0.2) is 24.5 Å². The number of ether oxygens (including phenoxy) is 2. The lowest BCUT2D eigenvalue weighted by molar-refractivity contribution is 0.130. The molecule has 0 saturated carbocycles. The third-order valence-electron chi connectivity index (χ3n) is 4.44. The van der Waals surface area contributed by atoms with Crippen LogP contribution < -0.4 is 0 Å². The molecule has 0 N–H and O–H groups in total. The number of rotatable bonds is 6. The van der Waals surface area contributed by atoms with E-state index in [9.17, 15) is 0 Å². The first-order valence-electron chi connectivity index (χ1n) is 8.67. The molecule has 4 rings (SSSR count). The van der Waals surface area contributed by atoms with E-state index in [1.54, 1.807) is 0 Å². The van der Waals surface area contributed by atoms with E-state index < -0.39 is 0 Å². The summed E-state index contributed by atoms with van der Waals surface area (Å²) in [5.41, 5.74) is 6.02. The number of hydrogen-bond donors (Lipinski definition) is 0. The zero-order valence-electron chi connectivity index (χ0n) is 14.8. The van der Waals surface area contributed by atoms with Crippen LogP contribution >= 0.6 is 22.6 Å². The lowest BCUT2D eigenvalue weighted by atomic mass is 10.1. The third kappa shape index (κ3) is 3.06. The highest BCUT2D eigenvalue weighted by Crippen LogP contribution is 2.31. The van der Waals surface area contributed by atoms with E-state index in [0.717, 1.165) is 37.7 Å². The van der Waals surface area contributed by atoms with Crippen LogP contribution in [0.3, 0.4) is 0 Å². The summed E-state index contributed by atoms with van der Waals surface area (Å²) in [6.07, 6.45) is 2.56. The predicted molar refractivity (Wildman–Crippen MR) is 105 cm³/mol. The summed E-state index contributed by atoms with van der Waals surface area (Å²) >= 11 is 2.32. The van der Waals surface area contributed by atoms with Crippen LogP contribution in [0.25, 0.3) is 11.4 Å². The quantitative estimate of drug-likeness (QED) is 0.410. The highest BCUT2D eigenvalue weighted by atomic mass is 127. The Morgan fingerprint density at radius 3 is 2.58 bits per heavy atom. The SMILES string of the molecule is CCOCc1ncn2c1Cc1c(COCC)nnn1-c1cc(I)ccc1-2. The average molecular weight is 465 g/mol. The van der Waals surface area contributed by atoms with Crippen LogP contribution in [0, 0.1) is 3.57 Å². The molecule has 1 aromatic carbocycles. The largest absolute Gasteiger partial charge is 0.375 e. The Morgan fingerprint density at radius 1 is 1.04 bits per heavy atom. The zero-order chi connectivity index (χ0) is 18.1. The van der Waals surface area contributed by atoms with Crippen LogP contribution in [0.5, 0.6) is 0 Å². The minimum absolute atomic E-state index is 0.458. The Kier molecular flexibility index (Phi) is 5.05. The van der Waals surface area contributed by atoms with Crippen molar-refractivity contribution in [1.82, 2.24) is 24.5 Å². The Bertz CT molecular complexity index is 934. The molecule has 3 aromatic rings. The Balaban J connectivity index is 1.89. The normalized spacial score (nSPS) is 12.4. The molecule has 7 nitrogen and oxygen atoms in total. The van der Waals surface area contributed by atoms with Crippen LogP contribution in [-0.4, -0.2) is 37.8 Å². The van der Waals surface area contributed by atoms with Gasteiger partial charge in [0, 0.05) is 23.2 Å². The highest BCUT2D eigenvalue weighted by Gasteiger charge is 2.26. The smallest absolute Gasteiger partial charge is 0.112 e. The predicted octanol–water partition coefficient (Wildman–Crippen LogP) is 3.03.